The van der Waals surface area contributed by atoms with E-state index < -0.39 is 11.5 Å². The molecule has 0 heterocycles. The van der Waals surface area contributed by atoms with E-state index in [1.165, 1.54) is 0 Å². The molecule has 0 radical (unpaired) electrons. The molecule has 1 rings (SSSR count). The Bertz CT molecular complexity index is 304. The SMILES string of the molecule is CCC(=O)NC(C)(C)C1C(=O)CCCC1=O. The van der Waals surface area contributed by atoms with E-state index in [9.17, 15) is 14.4 Å². The first-order valence-electron chi connectivity index (χ1n) is 5.75. The maximum absolute atomic E-state index is 11.7. The molecule has 90 valence electrons. The molecule has 16 heavy (non-hydrogen) atoms. The third kappa shape index (κ3) is 2.68. The van der Waals surface area contributed by atoms with Crippen LogP contribution in [0.2, 0.25) is 0 Å². The predicted octanol–water partition coefficient (Wildman–Crippen LogP) is 1.23. The van der Waals surface area contributed by atoms with Crippen molar-refractivity contribution in [2.75, 3.05) is 0 Å². The molecule has 1 saturated carbocycles. The lowest BCUT2D eigenvalue weighted by Gasteiger charge is -2.35. The van der Waals surface area contributed by atoms with E-state index in [0.717, 1.165) is 0 Å². The molecule has 0 aliphatic heterocycles. The van der Waals surface area contributed by atoms with Crippen molar-refractivity contribution in [3.05, 3.63) is 0 Å². The molecule has 4 heteroatoms. The van der Waals surface area contributed by atoms with Gasteiger partial charge in [-0.2, -0.15) is 0 Å². The Morgan fingerprint density at radius 1 is 1.31 bits per heavy atom. The van der Waals surface area contributed by atoms with Crippen LogP contribution in [0.5, 0.6) is 0 Å². The van der Waals surface area contributed by atoms with Gasteiger partial charge in [0.2, 0.25) is 5.91 Å². The summed E-state index contributed by atoms with van der Waals surface area (Å²) in [7, 11) is 0. The molecule has 0 spiro atoms. The van der Waals surface area contributed by atoms with Crippen LogP contribution in [0.15, 0.2) is 0 Å². The zero-order valence-electron chi connectivity index (χ0n) is 10.1. The molecule has 0 atom stereocenters. The Labute approximate surface area is 95.8 Å². The third-order valence-corrected chi connectivity index (χ3v) is 2.99. The highest BCUT2D eigenvalue weighted by Crippen LogP contribution is 2.27. The molecule has 1 amide bonds. The number of hydrogen-bond donors (Lipinski definition) is 1. The Kier molecular flexibility index (Phi) is 3.83. The van der Waals surface area contributed by atoms with Crippen LogP contribution in [0.25, 0.3) is 0 Å². The van der Waals surface area contributed by atoms with Crippen molar-refractivity contribution in [1.82, 2.24) is 5.32 Å². The first-order chi connectivity index (χ1) is 7.38. The summed E-state index contributed by atoms with van der Waals surface area (Å²) in [4.78, 5) is 34.8. The minimum absolute atomic E-state index is 0.0438. The number of carbonyl (C=O) groups is 3. The van der Waals surface area contributed by atoms with Crippen molar-refractivity contribution >= 4 is 17.5 Å². The maximum Gasteiger partial charge on any atom is 0.220 e. The molecular formula is C12H19NO3. The van der Waals surface area contributed by atoms with Gasteiger partial charge >= 0.3 is 0 Å². The molecule has 0 unspecified atom stereocenters. The normalized spacial score (nSPS) is 18.7. The van der Waals surface area contributed by atoms with Crippen molar-refractivity contribution in [3.8, 4) is 0 Å². The number of rotatable bonds is 3. The van der Waals surface area contributed by atoms with Crippen LogP contribution in [-0.4, -0.2) is 23.0 Å². The first kappa shape index (κ1) is 12.9. The van der Waals surface area contributed by atoms with Gasteiger partial charge in [0, 0.05) is 19.3 Å². The van der Waals surface area contributed by atoms with E-state index in [1.54, 1.807) is 20.8 Å². The fourth-order valence-electron chi connectivity index (χ4n) is 2.23. The third-order valence-electron chi connectivity index (χ3n) is 2.99. The van der Waals surface area contributed by atoms with E-state index in [1.807, 2.05) is 0 Å². The van der Waals surface area contributed by atoms with Gasteiger partial charge in [0.15, 0.2) is 0 Å². The lowest BCUT2D eigenvalue weighted by Crippen LogP contribution is -2.55. The first-order valence-corrected chi connectivity index (χ1v) is 5.75. The molecular weight excluding hydrogens is 206 g/mol. The van der Waals surface area contributed by atoms with Crippen LogP contribution in [0.1, 0.15) is 46.5 Å². The van der Waals surface area contributed by atoms with E-state index in [-0.39, 0.29) is 17.5 Å². The predicted molar refractivity (Wildman–Crippen MR) is 59.9 cm³/mol. The Morgan fingerprint density at radius 3 is 2.25 bits per heavy atom. The molecule has 1 N–H and O–H groups in total. The summed E-state index contributed by atoms with van der Waals surface area (Å²) < 4.78 is 0. The Balaban J connectivity index is 2.83. The molecule has 1 aliphatic rings. The second kappa shape index (κ2) is 4.76. The number of carbonyl (C=O) groups excluding carboxylic acids is 3. The van der Waals surface area contributed by atoms with Gasteiger partial charge in [-0.3, -0.25) is 14.4 Å². The van der Waals surface area contributed by atoms with Crippen molar-refractivity contribution in [3.63, 3.8) is 0 Å². The average molecular weight is 225 g/mol. The number of Topliss-reactive ketones (excluding diaryl/α,β-unsaturated/α-hetero) is 2. The van der Waals surface area contributed by atoms with E-state index in [0.29, 0.717) is 25.7 Å². The van der Waals surface area contributed by atoms with Crippen molar-refractivity contribution < 1.29 is 14.4 Å². The van der Waals surface area contributed by atoms with Crippen LogP contribution in [0.4, 0.5) is 0 Å². The van der Waals surface area contributed by atoms with Gasteiger partial charge < -0.3 is 5.32 Å². The summed E-state index contributed by atoms with van der Waals surface area (Å²) in [5.41, 5.74) is -0.762. The summed E-state index contributed by atoms with van der Waals surface area (Å²) in [6.07, 6.45) is 1.90. The second-order valence-corrected chi connectivity index (χ2v) is 4.84. The Morgan fingerprint density at radius 2 is 1.81 bits per heavy atom. The van der Waals surface area contributed by atoms with Gasteiger partial charge in [-0.15, -0.1) is 0 Å². The summed E-state index contributed by atoms with van der Waals surface area (Å²) >= 11 is 0. The zero-order valence-corrected chi connectivity index (χ0v) is 10.1. The fourth-order valence-corrected chi connectivity index (χ4v) is 2.23. The summed E-state index contributed by atoms with van der Waals surface area (Å²) in [5, 5.41) is 2.76. The molecule has 0 saturated heterocycles. The van der Waals surface area contributed by atoms with Crippen LogP contribution in [0, 0.1) is 5.92 Å². The minimum atomic E-state index is -0.762. The highest BCUT2D eigenvalue weighted by atomic mass is 16.2. The lowest BCUT2D eigenvalue weighted by atomic mass is 9.75. The van der Waals surface area contributed by atoms with E-state index in [4.69, 9.17) is 0 Å². The van der Waals surface area contributed by atoms with Gasteiger partial charge in [0.25, 0.3) is 0 Å². The highest BCUT2D eigenvalue weighted by Gasteiger charge is 2.42. The zero-order chi connectivity index (χ0) is 12.3. The molecule has 1 fully saturated rings. The van der Waals surface area contributed by atoms with Gasteiger partial charge in [0.1, 0.15) is 11.6 Å². The van der Waals surface area contributed by atoms with Crippen LogP contribution >= 0.6 is 0 Å². The van der Waals surface area contributed by atoms with Gasteiger partial charge in [-0.1, -0.05) is 6.92 Å². The largest absolute Gasteiger partial charge is 0.350 e. The average Bonchev–Trinajstić information content (AvgIpc) is 2.16. The molecule has 0 aromatic heterocycles. The number of amides is 1. The fraction of sp³-hybridized carbons (Fsp3) is 0.750. The van der Waals surface area contributed by atoms with Gasteiger partial charge in [-0.05, 0) is 20.3 Å². The summed E-state index contributed by atoms with van der Waals surface area (Å²) in [6.45, 7) is 5.23. The summed E-state index contributed by atoms with van der Waals surface area (Å²) in [6, 6.07) is 0. The van der Waals surface area contributed by atoms with Crippen molar-refractivity contribution in [2.45, 2.75) is 52.0 Å². The van der Waals surface area contributed by atoms with Gasteiger partial charge in [0.05, 0.1) is 11.5 Å². The number of ketones is 2. The highest BCUT2D eigenvalue weighted by molar-refractivity contribution is 6.06. The molecule has 1 aliphatic carbocycles. The second-order valence-electron chi connectivity index (χ2n) is 4.84. The monoisotopic (exact) mass is 225 g/mol. The van der Waals surface area contributed by atoms with Crippen molar-refractivity contribution in [2.24, 2.45) is 5.92 Å². The van der Waals surface area contributed by atoms with Crippen molar-refractivity contribution in [1.29, 1.82) is 0 Å². The lowest BCUT2D eigenvalue weighted by molar-refractivity contribution is -0.139. The molecule has 4 nitrogen and oxygen atoms in total. The molecule has 0 bridgehead atoms. The van der Waals surface area contributed by atoms with Gasteiger partial charge in [-0.25, -0.2) is 0 Å². The molecule has 0 aromatic carbocycles. The van der Waals surface area contributed by atoms with Crippen LogP contribution in [0.3, 0.4) is 0 Å². The number of nitrogens with one attached hydrogen (secondary N) is 1. The molecule has 0 aromatic rings. The maximum atomic E-state index is 11.7. The number of hydrogen-bond acceptors (Lipinski definition) is 3. The standard InChI is InChI=1S/C12H19NO3/c1-4-10(16)13-12(2,3)11-8(14)6-5-7-9(11)15/h11H,4-7H2,1-3H3,(H,13,16). The van der Waals surface area contributed by atoms with E-state index in [2.05, 4.69) is 5.32 Å². The van der Waals surface area contributed by atoms with Crippen LogP contribution < -0.4 is 5.32 Å². The van der Waals surface area contributed by atoms with Crippen LogP contribution in [-0.2, 0) is 14.4 Å². The summed E-state index contributed by atoms with van der Waals surface area (Å²) in [5.74, 6) is -0.886. The minimum Gasteiger partial charge on any atom is -0.350 e. The van der Waals surface area contributed by atoms with E-state index >= 15 is 0 Å². The Hall–Kier alpha value is -1.19. The smallest absolute Gasteiger partial charge is 0.220 e. The quantitative estimate of drug-likeness (QED) is 0.735. The topological polar surface area (TPSA) is 63.2 Å².